The van der Waals surface area contributed by atoms with Crippen LogP contribution >= 0.6 is 0 Å². The second-order valence-electron chi connectivity index (χ2n) is 9.37. The molecule has 2 fully saturated rings. The van der Waals surface area contributed by atoms with Crippen molar-refractivity contribution in [2.45, 2.75) is 19.8 Å². The fraction of sp³-hybridized carbons (Fsp3) is 0.500. The molecule has 11 nitrogen and oxygen atoms in total. The van der Waals surface area contributed by atoms with Gasteiger partial charge in [0.1, 0.15) is 11.6 Å². The van der Waals surface area contributed by atoms with Crippen LogP contribution in [0.1, 0.15) is 19.8 Å². The summed E-state index contributed by atoms with van der Waals surface area (Å²) in [5.41, 5.74) is 0.778. The van der Waals surface area contributed by atoms with E-state index in [1.807, 2.05) is 30.3 Å². The van der Waals surface area contributed by atoms with Crippen LogP contribution in [-0.4, -0.2) is 108 Å². The van der Waals surface area contributed by atoms with Gasteiger partial charge in [-0.3, -0.25) is 19.3 Å². The molecule has 0 saturated carbocycles. The molecule has 0 radical (unpaired) electrons. The summed E-state index contributed by atoms with van der Waals surface area (Å²) in [4.78, 5) is 52.3. The van der Waals surface area contributed by atoms with E-state index in [1.165, 1.54) is 32.9 Å². The average molecular weight is 509 g/mol. The molecule has 1 aromatic carbocycles. The van der Waals surface area contributed by atoms with E-state index in [9.17, 15) is 14.4 Å². The normalized spacial score (nSPS) is 16.4. The van der Waals surface area contributed by atoms with E-state index in [4.69, 9.17) is 0 Å². The zero-order valence-electron chi connectivity index (χ0n) is 21.4. The monoisotopic (exact) mass is 508 g/mol. The molecular weight excluding hydrogens is 472 g/mol. The van der Waals surface area contributed by atoms with E-state index in [-0.39, 0.29) is 11.7 Å². The van der Waals surface area contributed by atoms with E-state index in [1.54, 1.807) is 11.0 Å². The van der Waals surface area contributed by atoms with Gasteiger partial charge in [0, 0.05) is 70.9 Å². The lowest BCUT2D eigenvalue weighted by Crippen LogP contribution is -2.52. The summed E-state index contributed by atoms with van der Waals surface area (Å²) in [6.07, 6.45) is 2.57. The fourth-order valence-electron chi connectivity index (χ4n) is 4.52. The van der Waals surface area contributed by atoms with Crippen molar-refractivity contribution >= 4 is 29.4 Å². The molecule has 37 heavy (non-hydrogen) atoms. The first-order chi connectivity index (χ1) is 18.0. The Morgan fingerprint density at radius 3 is 2.16 bits per heavy atom. The van der Waals surface area contributed by atoms with Crippen molar-refractivity contribution in [1.82, 2.24) is 30.0 Å². The van der Waals surface area contributed by atoms with Gasteiger partial charge in [-0.1, -0.05) is 30.3 Å². The first-order valence-corrected chi connectivity index (χ1v) is 13.0. The molecule has 0 bridgehead atoms. The fourth-order valence-corrected chi connectivity index (χ4v) is 4.52. The van der Waals surface area contributed by atoms with Crippen LogP contribution in [0.15, 0.2) is 36.4 Å². The maximum absolute atomic E-state index is 12.9. The molecule has 3 amide bonds. The van der Waals surface area contributed by atoms with Crippen molar-refractivity contribution < 1.29 is 14.4 Å². The van der Waals surface area contributed by atoms with Crippen LogP contribution in [0.3, 0.4) is 0 Å². The molecule has 198 valence electrons. The third-order valence-electron chi connectivity index (χ3n) is 6.59. The molecule has 0 spiro atoms. The second-order valence-corrected chi connectivity index (χ2v) is 9.37. The van der Waals surface area contributed by atoms with Crippen molar-refractivity contribution in [1.29, 1.82) is 0 Å². The number of carbonyl (C=O) groups is 3. The number of carbonyl (C=O) groups excluding carboxylic acids is 3. The minimum Gasteiger partial charge on any atom is -0.368 e. The SMILES string of the molecule is CC(=O)NCCNc1cc(NC(=O)C(=O)N2CCN(CCN3CCCC3)CC2)nc(-c2ccccc2)n1. The molecule has 2 aromatic rings. The van der Waals surface area contributed by atoms with Crippen molar-refractivity contribution in [3.8, 4) is 11.4 Å². The van der Waals surface area contributed by atoms with Crippen molar-refractivity contribution in [2.75, 3.05) is 76.1 Å². The predicted molar refractivity (Wildman–Crippen MR) is 142 cm³/mol. The maximum atomic E-state index is 12.9. The standard InChI is InChI=1S/C26H36N8O3/c1-20(35)27-9-10-28-22-19-23(30-24(29-22)21-7-3-2-4-8-21)31-25(36)26(37)34-17-15-33(16-18-34)14-13-32-11-5-6-12-32/h2-4,7-8,19H,5-6,9-18H2,1H3,(H,27,35)(H2,28,29,30,31,36). The number of hydrogen-bond donors (Lipinski definition) is 3. The van der Waals surface area contributed by atoms with E-state index in [0.717, 1.165) is 31.7 Å². The lowest BCUT2D eigenvalue weighted by molar-refractivity contribution is -0.144. The Bertz CT molecular complexity index is 1070. The molecular formula is C26H36N8O3. The summed E-state index contributed by atoms with van der Waals surface area (Å²) in [7, 11) is 0. The van der Waals surface area contributed by atoms with E-state index in [2.05, 4.69) is 35.7 Å². The third kappa shape index (κ3) is 7.96. The summed E-state index contributed by atoms with van der Waals surface area (Å²) >= 11 is 0. The van der Waals surface area contributed by atoms with Gasteiger partial charge in [0.05, 0.1) is 0 Å². The number of nitrogens with one attached hydrogen (secondary N) is 3. The summed E-state index contributed by atoms with van der Waals surface area (Å²) in [6, 6.07) is 11.0. The summed E-state index contributed by atoms with van der Waals surface area (Å²) in [5.74, 6) is -0.258. The number of piperazine rings is 1. The number of amides is 3. The number of hydrogen-bond acceptors (Lipinski definition) is 8. The minimum absolute atomic E-state index is 0.117. The number of anilines is 2. The van der Waals surface area contributed by atoms with Gasteiger partial charge in [0.2, 0.25) is 5.91 Å². The Balaban J connectivity index is 1.34. The Labute approximate surface area is 217 Å². The Morgan fingerprint density at radius 2 is 1.49 bits per heavy atom. The number of rotatable bonds is 9. The molecule has 4 rings (SSSR count). The molecule has 0 aliphatic carbocycles. The lowest BCUT2D eigenvalue weighted by atomic mass is 10.2. The van der Waals surface area contributed by atoms with Crippen molar-refractivity contribution in [3.05, 3.63) is 36.4 Å². The topological polar surface area (TPSA) is 123 Å². The van der Waals surface area contributed by atoms with Crippen LogP contribution in [0.5, 0.6) is 0 Å². The zero-order valence-corrected chi connectivity index (χ0v) is 21.4. The minimum atomic E-state index is -0.715. The van der Waals surface area contributed by atoms with Crippen LogP contribution in [0.4, 0.5) is 11.6 Å². The zero-order chi connectivity index (χ0) is 26.0. The molecule has 1 aromatic heterocycles. The summed E-state index contributed by atoms with van der Waals surface area (Å²) in [6.45, 7) is 9.33. The van der Waals surface area contributed by atoms with Gasteiger partial charge in [-0.05, 0) is 25.9 Å². The molecule has 2 saturated heterocycles. The van der Waals surface area contributed by atoms with Crippen molar-refractivity contribution in [3.63, 3.8) is 0 Å². The summed E-state index contributed by atoms with van der Waals surface area (Å²) < 4.78 is 0. The van der Waals surface area contributed by atoms with E-state index >= 15 is 0 Å². The molecule has 0 atom stereocenters. The van der Waals surface area contributed by atoms with Crippen molar-refractivity contribution in [2.24, 2.45) is 0 Å². The van der Waals surface area contributed by atoms with E-state index < -0.39 is 11.8 Å². The van der Waals surface area contributed by atoms with Gasteiger partial charge >= 0.3 is 11.8 Å². The van der Waals surface area contributed by atoms with Gasteiger partial charge in [-0.25, -0.2) is 9.97 Å². The number of aromatic nitrogens is 2. The van der Waals surface area contributed by atoms with Gasteiger partial charge in [-0.15, -0.1) is 0 Å². The summed E-state index contributed by atoms with van der Waals surface area (Å²) in [5, 5.41) is 8.51. The van der Waals surface area contributed by atoms with Gasteiger partial charge in [0.25, 0.3) is 0 Å². The Kier molecular flexibility index (Phi) is 9.39. The Morgan fingerprint density at radius 1 is 0.838 bits per heavy atom. The smallest absolute Gasteiger partial charge is 0.315 e. The van der Waals surface area contributed by atoms with Crippen LogP contribution in [-0.2, 0) is 14.4 Å². The van der Waals surface area contributed by atoms with E-state index in [0.29, 0.717) is 37.8 Å². The second kappa shape index (κ2) is 13.1. The molecule has 3 N–H and O–H groups in total. The first kappa shape index (κ1) is 26.5. The molecule has 11 heteroatoms. The molecule has 2 aliphatic heterocycles. The maximum Gasteiger partial charge on any atom is 0.315 e. The molecule has 2 aliphatic rings. The van der Waals surface area contributed by atoms with Crippen LogP contribution < -0.4 is 16.0 Å². The largest absolute Gasteiger partial charge is 0.368 e. The third-order valence-corrected chi connectivity index (χ3v) is 6.59. The first-order valence-electron chi connectivity index (χ1n) is 13.0. The highest BCUT2D eigenvalue weighted by atomic mass is 16.2. The van der Waals surface area contributed by atoms with Crippen LogP contribution in [0, 0.1) is 0 Å². The highest BCUT2D eigenvalue weighted by Crippen LogP contribution is 2.20. The highest BCUT2D eigenvalue weighted by Gasteiger charge is 2.27. The Hall–Kier alpha value is -3.57. The number of nitrogens with zero attached hydrogens (tertiary/aromatic N) is 5. The van der Waals surface area contributed by atoms with Crippen LogP contribution in [0.2, 0.25) is 0 Å². The molecule has 3 heterocycles. The van der Waals surface area contributed by atoms with Gasteiger partial charge in [-0.2, -0.15) is 0 Å². The van der Waals surface area contributed by atoms with Gasteiger partial charge in [0.15, 0.2) is 5.82 Å². The lowest BCUT2D eigenvalue weighted by Gasteiger charge is -2.35. The van der Waals surface area contributed by atoms with Gasteiger partial charge < -0.3 is 25.8 Å². The number of benzene rings is 1. The average Bonchev–Trinajstić information content (AvgIpc) is 3.44. The molecule has 0 unspecified atom stereocenters. The van der Waals surface area contributed by atoms with Crippen LogP contribution in [0.25, 0.3) is 11.4 Å². The highest BCUT2D eigenvalue weighted by molar-refractivity contribution is 6.39. The number of likely N-dealkylation sites (tertiary alicyclic amines) is 1. The quantitative estimate of drug-likeness (QED) is 0.337. The predicted octanol–water partition coefficient (Wildman–Crippen LogP) is 0.870.